The van der Waals surface area contributed by atoms with E-state index in [2.05, 4.69) is 224 Å². The van der Waals surface area contributed by atoms with Gasteiger partial charge in [-0.25, -0.2) is 0 Å². The van der Waals surface area contributed by atoms with Crippen LogP contribution in [0.5, 0.6) is 0 Å². The quantitative estimate of drug-likeness (QED) is 0.0575. The molecule has 0 aliphatic carbocycles. The summed E-state index contributed by atoms with van der Waals surface area (Å²) in [5, 5.41) is 0. The third-order valence-electron chi connectivity index (χ3n) is 29.7. The highest BCUT2D eigenvalue weighted by Crippen LogP contribution is 2.48. The molecule has 0 aromatic rings. The number of ether oxygens (including phenoxy) is 12. The molecule has 8 saturated heterocycles. The van der Waals surface area contributed by atoms with E-state index in [-0.39, 0.29) is 84.0 Å². The van der Waals surface area contributed by atoms with Gasteiger partial charge in [-0.1, -0.05) is 27.7 Å². The summed E-state index contributed by atoms with van der Waals surface area (Å²) in [4.78, 5) is 133. The maximum absolute atomic E-state index is 15.3. The first-order chi connectivity index (χ1) is 53.0. The van der Waals surface area contributed by atoms with E-state index < -0.39 is 185 Å². The molecule has 0 aromatic heterocycles. The number of piperidine rings is 6. The van der Waals surface area contributed by atoms with E-state index in [4.69, 9.17) is 56.8 Å². The number of carbonyl (C=O) groups is 8. The van der Waals surface area contributed by atoms with Crippen LogP contribution in [-0.4, -0.2) is 275 Å². The lowest BCUT2D eigenvalue weighted by Crippen LogP contribution is -2.61. The van der Waals surface area contributed by atoms with Crippen molar-refractivity contribution in [2.75, 3.05) is 81.9 Å². The number of rotatable bonds is 26. The molecule has 8 rings (SSSR count). The summed E-state index contributed by atoms with van der Waals surface area (Å²) < 4.78 is 76.8. The normalized spacial score (nSPS) is 29.0. The molecule has 1 spiro atoms. The molecule has 8 fully saturated rings. The Morgan fingerprint density at radius 1 is 0.274 bits per heavy atom. The molecule has 8 aliphatic rings. The first-order valence-electron chi connectivity index (χ1n) is 43.4. The van der Waals surface area contributed by atoms with Crippen LogP contribution in [0.1, 0.15) is 297 Å². The van der Waals surface area contributed by atoms with Crippen LogP contribution in [0, 0.1) is 39.9 Å². The average molecular weight is 1660 g/mol. The van der Waals surface area contributed by atoms with Gasteiger partial charge in [-0.2, -0.15) is 0 Å². The summed E-state index contributed by atoms with van der Waals surface area (Å²) in [6, 6.07) is 0. The van der Waals surface area contributed by atoms with Gasteiger partial charge in [0.2, 0.25) is 0 Å². The summed E-state index contributed by atoms with van der Waals surface area (Å²) in [6.07, 6.45) is -1.54. The molecule has 8 aliphatic heterocycles. The highest BCUT2D eigenvalue weighted by Gasteiger charge is 2.56. The van der Waals surface area contributed by atoms with Crippen molar-refractivity contribution in [2.24, 2.45) is 39.9 Å². The van der Waals surface area contributed by atoms with Gasteiger partial charge < -0.3 is 56.8 Å². The van der Waals surface area contributed by atoms with E-state index in [1.807, 2.05) is 41.8 Å². The standard InChI is InChI=1S/C91H158N6O20/c1-77(2,51-106-67(98)35-63(71(102)114-59-43-83(13,14)94(31)84(15,16)44-59)65(73(104)116-61-47-87(21,22)96(33)88(23,24)48-61)37-69(100)112-57-39-79(5,6)92(29)80(7,8)40-57)75-108-53-91(54-109-75)55-110-76(111-56-91)78(3,4)52-107-68(99)36-64(72(103)115-60-45-85(17,18)95(32)86(19,20)46-60)66(74(105)117-62-49-89(25,26)97(34)90(27,28)50-62)38-70(101)113-58-41-81(9,10)93(30)82(11,12)42-58/h57-66,75-76H,35-56H2,1-34H3. The van der Waals surface area contributed by atoms with Gasteiger partial charge in [0, 0.05) is 154 Å². The lowest BCUT2D eigenvalue weighted by molar-refractivity contribution is -0.337. The fourth-order valence-corrected chi connectivity index (χ4v) is 21.0. The minimum absolute atomic E-state index is 0.121. The Kier molecular flexibility index (Phi) is 29.1. The maximum atomic E-state index is 15.3. The lowest BCUT2D eigenvalue weighted by atomic mass is 9.78. The predicted octanol–water partition coefficient (Wildman–Crippen LogP) is 13.1. The van der Waals surface area contributed by atoms with Gasteiger partial charge in [0.15, 0.2) is 12.6 Å². The van der Waals surface area contributed by atoms with Crippen molar-refractivity contribution in [2.45, 2.75) is 412 Å². The third-order valence-corrected chi connectivity index (χ3v) is 29.7. The second-order valence-corrected chi connectivity index (χ2v) is 46.0. The smallest absolute Gasteiger partial charge is 0.310 e. The number of carbonyl (C=O) groups excluding carboxylic acids is 8. The molecular weight excluding hydrogens is 1500 g/mol. The average Bonchev–Trinajstić information content (AvgIpc) is 0.797. The molecule has 0 N–H and O–H groups in total. The van der Waals surface area contributed by atoms with Crippen molar-refractivity contribution in [3.63, 3.8) is 0 Å². The van der Waals surface area contributed by atoms with Gasteiger partial charge in [0.05, 0.1) is 81.2 Å². The summed E-state index contributed by atoms with van der Waals surface area (Å²) in [5.74, 6) is -12.2. The molecule has 4 atom stereocenters. The van der Waals surface area contributed by atoms with Crippen molar-refractivity contribution in [1.82, 2.24) is 29.4 Å². The van der Waals surface area contributed by atoms with Crippen molar-refractivity contribution >= 4 is 47.8 Å². The zero-order valence-corrected chi connectivity index (χ0v) is 78.8. The van der Waals surface area contributed by atoms with Crippen LogP contribution in [0.15, 0.2) is 0 Å². The zero-order chi connectivity index (χ0) is 88.6. The molecule has 672 valence electrons. The molecule has 26 nitrogen and oxygen atoms in total. The van der Waals surface area contributed by atoms with Crippen molar-refractivity contribution < 1.29 is 95.2 Å². The fraction of sp³-hybridized carbons (Fsp3) is 0.912. The molecule has 0 saturated carbocycles. The highest BCUT2D eigenvalue weighted by molar-refractivity contribution is 5.90. The zero-order valence-electron chi connectivity index (χ0n) is 78.8. The molecule has 0 aromatic carbocycles. The van der Waals surface area contributed by atoms with Gasteiger partial charge in [-0.15, -0.1) is 0 Å². The Balaban J connectivity index is 0.954. The van der Waals surface area contributed by atoms with Crippen LogP contribution < -0.4 is 0 Å². The Labute approximate surface area is 703 Å². The van der Waals surface area contributed by atoms with Gasteiger partial charge in [-0.3, -0.25) is 67.8 Å². The van der Waals surface area contributed by atoms with Crippen LogP contribution in [-0.2, 0) is 95.2 Å². The maximum Gasteiger partial charge on any atom is 0.310 e. The number of hydrogen-bond acceptors (Lipinski definition) is 26. The molecular formula is C91H158N6O20. The molecule has 0 radical (unpaired) electrons. The largest absolute Gasteiger partial charge is 0.465 e. The number of likely N-dealkylation sites (tertiary alicyclic amines) is 6. The van der Waals surface area contributed by atoms with E-state index in [0.717, 1.165) is 0 Å². The molecule has 26 heteroatoms. The summed E-state index contributed by atoms with van der Waals surface area (Å²) in [7, 11) is 12.3. The minimum Gasteiger partial charge on any atom is -0.465 e. The third kappa shape index (κ3) is 23.2. The van der Waals surface area contributed by atoms with E-state index >= 15 is 19.2 Å². The molecule has 117 heavy (non-hydrogen) atoms. The Hall–Kier alpha value is -4.64. The van der Waals surface area contributed by atoms with E-state index in [0.29, 0.717) is 77.0 Å². The van der Waals surface area contributed by atoms with Gasteiger partial charge in [0.25, 0.3) is 0 Å². The second-order valence-electron chi connectivity index (χ2n) is 46.0. The first-order valence-corrected chi connectivity index (χ1v) is 43.4. The van der Waals surface area contributed by atoms with Crippen LogP contribution in [0.25, 0.3) is 0 Å². The van der Waals surface area contributed by atoms with Crippen molar-refractivity contribution in [3.8, 4) is 0 Å². The van der Waals surface area contributed by atoms with Gasteiger partial charge in [-0.05, 0) is 208 Å². The monoisotopic (exact) mass is 1660 g/mol. The predicted molar refractivity (Wildman–Crippen MR) is 446 cm³/mol. The number of hydrogen-bond donors (Lipinski definition) is 0. The van der Waals surface area contributed by atoms with Crippen molar-refractivity contribution in [1.29, 1.82) is 0 Å². The Morgan fingerprint density at radius 3 is 0.598 bits per heavy atom. The van der Waals surface area contributed by atoms with E-state index in [1.165, 1.54) is 0 Å². The van der Waals surface area contributed by atoms with Crippen LogP contribution in [0.2, 0.25) is 0 Å². The Bertz CT molecular complexity index is 3200. The first kappa shape index (κ1) is 97.8. The summed E-state index contributed by atoms with van der Waals surface area (Å²) >= 11 is 0. The van der Waals surface area contributed by atoms with E-state index in [9.17, 15) is 19.2 Å². The van der Waals surface area contributed by atoms with Gasteiger partial charge >= 0.3 is 47.8 Å². The second kappa shape index (κ2) is 34.8. The molecule has 8 heterocycles. The SMILES string of the molecule is CN1C(C)(C)CC(OC(=O)CC(C(=O)OC2CC(C)(C)N(C)C(C)(C)C2)C(CC(=O)OCC(C)(C)C2OCC3(CO2)COC(C(C)(C)COC(=O)CC(C(=O)OC2CC(C)(C)N(C)C(C)(C)C2)C(CC(=O)OC2CC(C)(C)N(C)C(C)(C)C2)C(=O)OC2CC(C)(C)N(C)C(C)(C)C2)OC3)C(=O)OC2CC(C)(C)N(C)C(C)(C)C2)CC1(C)C. The van der Waals surface area contributed by atoms with Crippen LogP contribution >= 0.6 is 0 Å². The molecule has 0 bridgehead atoms. The fourth-order valence-electron chi connectivity index (χ4n) is 21.0. The highest BCUT2D eigenvalue weighted by atomic mass is 16.7. The molecule has 4 unspecified atom stereocenters. The Morgan fingerprint density at radius 2 is 0.427 bits per heavy atom. The number of nitrogens with zero attached hydrogens (tertiary/aromatic N) is 6. The summed E-state index contributed by atoms with van der Waals surface area (Å²) in [6.45, 7) is 57.6. The van der Waals surface area contributed by atoms with Crippen molar-refractivity contribution in [3.05, 3.63) is 0 Å². The topological polar surface area (TPSA) is 267 Å². The number of esters is 8. The molecule has 0 amide bonds. The van der Waals surface area contributed by atoms with Gasteiger partial charge in [0.1, 0.15) is 49.8 Å². The minimum atomic E-state index is -1.51. The van der Waals surface area contributed by atoms with E-state index in [1.54, 1.807) is 0 Å². The van der Waals surface area contributed by atoms with Crippen LogP contribution in [0.4, 0.5) is 0 Å². The lowest BCUT2D eigenvalue weighted by Gasteiger charge is -2.53. The van der Waals surface area contributed by atoms with Crippen LogP contribution in [0.3, 0.4) is 0 Å². The summed E-state index contributed by atoms with van der Waals surface area (Å²) in [5.41, 5.74) is -7.21.